The highest BCUT2D eigenvalue weighted by Gasteiger charge is 2.12. The Balaban J connectivity index is 2.94. The van der Waals surface area contributed by atoms with Crippen LogP contribution < -0.4 is 10.6 Å². The van der Waals surface area contributed by atoms with Crippen molar-refractivity contribution in [3.05, 3.63) is 28.2 Å². The minimum absolute atomic E-state index is 0.0141. The molecule has 2 N–H and O–H groups in total. The van der Waals surface area contributed by atoms with Gasteiger partial charge >= 0.3 is 0 Å². The van der Waals surface area contributed by atoms with E-state index in [1.54, 1.807) is 0 Å². The van der Waals surface area contributed by atoms with E-state index in [2.05, 4.69) is 26.9 Å². The van der Waals surface area contributed by atoms with Crippen molar-refractivity contribution < 1.29 is 0 Å². The van der Waals surface area contributed by atoms with Gasteiger partial charge in [-0.1, -0.05) is 22.0 Å². The molecule has 0 bridgehead atoms. The van der Waals surface area contributed by atoms with E-state index < -0.39 is 0 Å². The van der Waals surface area contributed by atoms with Gasteiger partial charge in [-0.25, -0.2) is 0 Å². The fourth-order valence-electron chi connectivity index (χ4n) is 1.63. The first-order valence-electron chi connectivity index (χ1n) is 5.62. The van der Waals surface area contributed by atoms with Gasteiger partial charge in [-0.3, -0.25) is 0 Å². The summed E-state index contributed by atoms with van der Waals surface area (Å²) in [4.78, 5) is 2.10. The van der Waals surface area contributed by atoms with Crippen LogP contribution in [0.25, 0.3) is 0 Å². The van der Waals surface area contributed by atoms with Gasteiger partial charge in [0.2, 0.25) is 0 Å². The average molecular weight is 296 g/mol. The molecule has 1 aromatic rings. The average Bonchev–Trinajstić information content (AvgIpc) is 2.27. The van der Waals surface area contributed by atoms with Gasteiger partial charge in [0.15, 0.2) is 0 Å². The van der Waals surface area contributed by atoms with E-state index in [1.807, 2.05) is 39.1 Å². The lowest BCUT2D eigenvalue weighted by atomic mass is 10.1. The molecule has 1 rings (SSSR count). The van der Waals surface area contributed by atoms with Crippen LogP contribution in [-0.2, 0) is 0 Å². The van der Waals surface area contributed by atoms with E-state index in [9.17, 15) is 0 Å². The maximum Gasteiger partial charge on any atom is 0.0643 e. The Hall–Kier alpha value is -1.05. The van der Waals surface area contributed by atoms with E-state index in [4.69, 9.17) is 11.0 Å². The van der Waals surface area contributed by atoms with Crippen LogP contribution in [0.15, 0.2) is 22.7 Å². The van der Waals surface area contributed by atoms with Crippen molar-refractivity contribution in [1.82, 2.24) is 0 Å². The molecule has 92 valence electrons. The number of rotatable bonds is 4. The Bertz CT molecular complexity index is 423. The van der Waals surface area contributed by atoms with Gasteiger partial charge in [0.05, 0.1) is 12.5 Å². The highest BCUT2D eigenvalue weighted by Crippen LogP contribution is 2.28. The summed E-state index contributed by atoms with van der Waals surface area (Å²) in [5, 5.41) is 8.70. The molecule has 0 saturated heterocycles. The standard InChI is InChI=1S/C13H18BrN3/c1-9(6-7-15)17(3)11-4-5-12(10(2)16)13(14)8-11/h4-5,8-10H,6,16H2,1-3H3/t9?,10-/m1/s1. The van der Waals surface area contributed by atoms with Gasteiger partial charge in [-0.05, 0) is 31.5 Å². The van der Waals surface area contributed by atoms with Gasteiger partial charge in [0.1, 0.15) is 0 Å². The molecule has 0 aliphatic rings. The highest BCUT2D eigenvalue weighted by molar-refractivity contribution is 9.10. The highest BCUT2D eigenvalue weighted by atomic mass is 79.9. The number of nitriles is 1. The molecule has 4 heteroatoms. The predicted octanol–water partition coefficient (Wildman–Crippen LogP) is 3.21. The van der Waals surface area contributed by atoms with Crippen LogP contribution in [0.3, 0.4) is 0 Å². The van der Waals surface area contributed by atoms with E-state index in [0.717, 1.165) is 15.7 Å². The van der Waals surface area contributed by atoms with Gasteiger partial charge in [-0.2, -0.15) is 5.26 Å². The molecule has 0 aliphatic carbocycles. The maximum absolute atomic E-state index is 8.70. The van der Waals surface area contributed by atoms with Crippen LogP contribution in [0.5, 0.6) is 0 Å². The molecule has 0 spiro atoms. The van der Waals surface area contributed by atoms with Crippen molar-refractivity contribution >= 4 is 21.6 Å². The summed E-state index contributed by atoms with van der Waals surface area (Å²) < 4.78 is 1.01. The first-order chi connectivity index (χ1) is 7.97. The summed E-state index contributed by atoms with van der Waals surface area (Å²) in [6.07, 6.45) is 0.517. The second kappa shape index (κ2) is 6.04. The second-order valence-corrected chi connectivity index (χ2v) is 5.17. The van der Waals surface area contributed by atoms with E-state index in [-0.39, 0.29) is 12.1 Å². The Labute approximate surface area is 111 Å². The van der Waals surface area contributed by atoms with Gasteiger partial charge in [0.25, 0.3) is 0 Å². The normalized spacial score (nSPS) is 13.9. The molecule has 0 aromatic heterocycles. The van der Waals surface area contributed by atoms with Crippen LogP contribution in [0.4, 0.5) is 5.69 Å². The molecule has 17 heavy (non-hydrogen) atoms. The maximum atomic E-state index is 8.70. The summed E-state index contributed by atoms with van der Waals surface area (Å²) in [6, 6.07) is 8.52. The number of nitrogens with two attached hydrogens (primary N) is 1. The van der Waals surface area contributed by atoms with Crippen LogP contribution in [0.2, 0.25) is 0 Å². The summed E-state index contributed by atoms with van der Waals surface area (Å²) in [6.45, 7) is 4.00. The molecular weight excluding hydrogens is 278 g/mol. The molecule has 0 fully saturated rings. The van der Waals surface area contributed by atoms with Crippen molar-refractivity contribution in [1.29, 1.82) is 5.26 Å². The molecule has 3 nitrogen and oxygen atoms in total. The second-order valence-electron chi connectivity index (χ2n) is 4.32. The molecule has 0 radical (unpaired) electrons. The molecular formula is C13H18BrN3. The third-order valence-electron chi connectivity index (χ3n) is 2.93. The van der Waals surface area contributed by atoms with Gasteiger partial charge in [0, 0.05) is 29.3 Å². The summed E-state index contributed by atoms with van der Waals surface area (Å²) in [5.41, 5.74) is 8.04. The zero-order valence-corrected chi connectivity index (χ0v) is 12.0. The van der Waals surface area contributed by atoms with E-state index in [0.29, 0.717) is 6.42 Å². The lowest BCUT2D eigenvalue weighted by molar-refractivity contribution is 0.702. The lowest BCUT2D eigenvalue weighted by Gasteiger charge is -2.26. The van der Waals surface area contributed by atoms with E-state index >= 15 is 0 Å². The Morgan fingerprint density at radius 3 is 2.59 bits per heavy atom. The number of benzene rings is 1. The SMILES string of the molecule is CC(CC#N)N(C)c1ccc([C@@H](C)N)c(Br)c1. The fourth-order valence-corrected chi connectivity index (χ4v) is 2.36. The quantitative estimate of drug-likeness (QED) is 0.928. The number of halogens is 1. The minimum atomic E-state index is 0.0141. The summed E-state index contributed by atoms with van der Waals surface area (Å²) in [5.74, 6) is 0. The molecule has 0 aliphatic heterocycles. The largest absolute Gasteiger partial charge is 0.371 e. The molecule has 0 amide bonds. The molecule has 2 atom stereocenters. The van der Waals surface area contributed by atoms with Crippen LogP contribution in [0, 0.1) is 11.3 Å². The van der Waals surface area contributed by atoms with Crippen molar-refractivity contribution in [2.24, 2.45) is 5.73 Å². The molecule has 0 saturated carbocycles. The minimum Gasteiger partial charge on any atom is -0.371 e. The van der Waals surface area contributed by atoms with Crippen molar-refractivity contribution in [3.8, 4) is 6.07 Å². The Kier molecular flexibility index (Phi) is 4.98. The van der Waals surface area contributed by atoms with Crippen LogP contribution in [0.1, 0.15) is 31.9 Å². The number of anilines is 1. The topological polar surface area (TPSA) is 53.0 Å². The third kappa shape index (κ3) is 3.45. The van der Waals surface area contributed by atoms with Crippen molar-refractivity contribution in [3.63, 3.8) is 0 Å². The Morgan fingerprint density at radius 1 is 1.47 bits per heavy atom. The number of hydrogen-bond acceptors (Lipinski definition) is 3. The predicted molar refractivity (Wildman–Crippen MR) is 74.8 cm³/mol. The monoisotopic (exact) mass is 295 g/mol. The summed E-state index contributed by atoms with van der Waals surface area (Å²) in [7, 11) is 2.00. The summed E-state index contributed by atoms with van der Waals surface area (Å²) >= 11 is 3.53. The molecule has 1 aromatic carbocycles. The lowest BCUT2D eigenvalue weighted by Crippen LogP contribution is -2.28. The van der Waals surface area contributed by atoms with Crippen molar-refractivity contribution in [2.75, 3.05) is 11.9 Å². The van der Waals surface area contributed by atoms with E-state index in [1.165, 1.54) is 0 Å². The van der Waals surface area contributed by atoms with Crippen LogP contribution in [-0.4, -0.2) is 13.1 Å². The smallest absolute Gasteiger partial charge is 0.0643 e. The number of nitrogens with zero attached hydrogens (tertiary/aromatic N) is 2. The molecule has 0 heterocycles. The zero-order valence-electron chi connectivity index (χ0n) is 10.4. The van der Waals surface area contributed by atoms with Crippen molar-refractivity contribution in [2.45, 2.75) is 32.4 Å². The molecule has 1 unspecified atom stereocenters. The first-order valence-corrected chi connectivity index (χ1v) is 6.41. The first kappa shape index (κ1) is 14.0. The third-order valence-corrected chi connectivity index (χ3v) is 3.62. The van der Waals surface area contributed by atoms with Crippen LogP contribution >= 0.6 is 15.9 Å². The number of hydrogen-bond donors (Lipinski definition) is 1. The zero-order chi connectivity index (χ0) is 13.0. The van der Waals surface area contributed by atoms with Gasteiger partial charge in [-0.15, -0.1) is 0 Å². The fraction of sp³-hybridized carbons (Fsp3) is 0.462. The Morgan fingerprint density at radius 2 is 2.12 bits per heavy atom. The van der Waals surface area contributed by atoms with Gasteiger partial charge < -0.3 is 10.6 Å².